The SMILES string of the molecule is Cc1c(C(=O)N[C@H](C)Cn2cccn2)oc2c1C(=O)CCC2. The van der Waals surface area contributed by atoms with Crippen molar-refractivity contribution in [1.82, 2.24) is 15.1 Å². The third-order valence-corrected chi connectivity index (χ3v) is 3.91. The van der Waals surface area contributed by atoms with Gasteiger partial charge in [-0.1, -0.05) is 0 Å². The maximum absolute atomic E-state index is 12.4. The molecule has 0 saturated carbocycles. The Morgan fingerprint density at radius 3 is 3.00 bits per heavy atom. The number of aryl methyl sites for hydroxylation is 1. The third-order valence-electron chi connectivity index (χ3n) is 3.91. The van der Waals surface area contributed by atoms with Gasteiger partial charge in [0.2, 0.25) is 0 Å². The predicted octanol–water partition coefficient (Wildman–Crippen LogP) is 2.12. The van der Waals surface area contributed by atoms with E-state index in [0.717, 1.165) is 12.8 Å². The first-order chi connectivity index (χ1) is 10.6. The number of Topliss-reactive ketones (excluding diaryl/α,β-unsaturated/α-hetero) is 1. The van der Waals surface area contributed by atoms with Crippen LogP contribution in [0.2, 0.25) is 0 Å². The van der Waals surface area contributed by atoms with Crippen LogP contribution >= 0.6 is 0 Å². The molecule has 2 heterocycles. The van der Waals surface area contributed by atoms with Crippen LogP contribution in [0.25, 0.3) is 0 Å². The lowest BCUT2D eigenvalue weighted by Gasteiger charge is -2.13. The molecule has 1 aliphatic rings. The molecule has 0 radical (unpaired) electrons. The zero-order valence-corrected chi connectivity index (χ0v) is 12.8. The lowest BCUT2D eigenvalue weighted by molar-refractivity contribution is 0.0902. The molecule has 1 atom stereocenters. The standard InChI is InChI=1S/C16H19N3O3/c1-10(9-19-8-4-7-17-19)18-16(21)15-11(2)14-12(20)5-3-6-13(14)22-15/h4,7-8,10H,3,5-6,9H2,1-2H3,(H,18,21)/t10-/m1/s1. The first kappa shape index (κ1) is 14.6. The van der Waals surface area contributed by atoms with Crippen molar-refractivity contribution in [1.29, 1.82) is 0 Å². The van der Waals surface area contributed by atoms with Gasteiger partial charge in [0.15, 0.2) is 11.5 Å². The summed E-state index contributed by atoms with van der Waals surface area (Å²) in [5, 5.41) is 7.01. The van der Waals surface area contributed by atoms with Gasteiger partial charge in [0.25, 0.3) is 5.91 Å². The zero-order valence-electron chi connectivity index (χ0n) is 12.8. The van der Waals surface area contributed by atoms with Crippen LogP contribution in [0.1, 0.15) is 52.0 Å². The fourth-order valence-electron chi connectivity index (χ4n) is 2.89. The molecule has 6 heteroatoms. The van der Waals surface area contributed by atoms with Gasteiger partial charge in [-0.25, -0.2) is 0 Å². The number of hydrogen-bond acceptors (Lipinski definition) is 4. The Hall–Kier alpha value is -2.37. The molecule has 1 aliphatic carbocycles. The highest BCUT2D eigenvalue weighted by Crippen LogP contribution is 2.29. The zero-order chi connectivity index (χ0) is 15.7. The monoisotopic (exact) mass is 301 g/mol. The third kappa shape index (κ3) is 2.68. The Kier molecular flexibility index (Phi) is 3.83. The molecule has 0 bridgehead atoms. The van der Waals surface area contributed by atoms with E-state index in [0.29, 0.717) is 29.9 Å². The summed E-state index contributed by atoms with van der Waals surface area (Å²) in [6.07, 6.45) is 5.58. The smallest absolute Gasteiger partial charge is 0.287 e. The molecular weight excluding hydrogens is 282 g/mol. The maximum Gasteiger partial charge on any atom is 0.287 e. The van der Waals surface area contributed by atoms with Crippen molar-refractivity contribution in [3.05, 3.63) is 41.1 Å². The van der Waals surface area contributed by atoms with Gasteiger partial charge in [0.05, 0.1) is 12.1 Å². The predicted molar refractivity (Wildman–Crippen MR) is 79.9 cm³/mol. The first-order valence-electron chi connectivity index (χ1n) is 7.50. The topological polar surface area (TPSA) is 77.1 Å². The highest BCUT2D eigenvalue weighted by Gasteiger charge is 2.29. The summed E-state index contributed by atoms with van der Waals surface area (Å²) in [6.45, 7) is 4.26. The van der Waals surface area contributed by atoms with Crippen LogP contribution in [0.5, 0.6) is 0 Å². The molecule has 116 valence electrons. The van der Waals surface area contributed by atoms with E-state index >= 15 is 0 Å². The fourth-order valence-corrected chi connectivity index (χ4v) is 2.89. The fraction of sp³-hybridized carbons (Fsp3) is 0.438. The molecule has 0 saturated heterocycles. The van der Waals surface area contributed by atoms with Crippen molar-refractivity contribution in [2.75, 3.05) is 0 Å². The van der Waals surface area contributed by atoms with Crippen LogP contribution in [0.15, 0.2) is 22.9 Å². The molecule has 3 rings (SSSR count). The number of nitrogens with one attached hydrogen (secondary N) is 1. The van der Waals surface area contributed by atoms with Gasteiger partial charge < -0.3 is 9.73 Å². The Bertz CT molecular complexity index is 701. The van der Waals surface area contributed by atoms with E-state index < -0.39 is 0 Å². The molecular formula is C16H19N3O3. The molecule has 0 spiro atoms. The molecule has 22 heavy (non-hydrogen) atoms. The number of aromatic nitrogens is 2. The molecule has 0 fully saturated rings. The van der Waals surface area contributed by atoms with Gasteiger partial charge in [0, 0.05) is 36.8 Å². The minimum Gasteiger partial charge on any atom is -0.455 e. The van der Waals surface area contributed by atoms with E-state index in [1.807, 2.05) is 19.2 Å². The summed E-state index contributed by atoms with van der Waals surface area (Å²) in [4.78, 5) is 24.4. The molecule has 1 amide bonds. The Morgan fingerprint density at radius 1 is 1.50 bits per heavy atom. The molecule has 6 nitrogen and oxygen atoms in total. The first-order valence-corrected chi connectivity index (χ1v) is 7.50. The quantitative estimate of drug-likeness (QED) is 0.938. The largest absolute Gasteiger partial charge is 0.455 e. The van der Waals surface area contributed by atoms with Gasteiger partial charge in [0.1, 0.15) is 5.76 Å². The second kappa shape index (κ2) is 5.79. The van der Waals surface area contributed by atoms with Gasteiger partial charge >= 0.3 is 0 Å². The average Bonchev–Trinajstić information content (AvgIpc) is 3.07. The summed E-state index contributed by atoms with van der Waals surface area (Å²) in [5.41, 5.74) is 1.26. The maximum atomic E-state index is 12.4. The molecule has 1 N–H and O–H groups in total. The Balaban J connectivity index is 1.74. The van der Waals surface area contributed by atoms with Crippen LogP contribution in [0.4, 0.5) is 0 Å². The van der Waals surface area contributed by atoms with E-state index in [1.54, 1.807) is 17.8 Å². The lowest BCUT2D eigenvalue weighted by atomic mass is 9.94. The Morgan fingerprint density at radius 2 is 2.32 bits per heavy atom. The number of fused-ring (bicyclic) bond motifs is 1. The average molecular weight is 301 g/mol. The van der Waals surface area contributed by atoms with Crippen molar-refractivity contribution in [3.8, 4) is 0 Å². The Labute approximate surface area is 128 Å². The van der Waals surface area contributed by atoms with E-state index in [2.05, 4.69) is 10.4 Å². The van der Waals surface area contributed by atoms with E-state index in [1.165, 1.54) is 0 Å². The second-order valence-corrected chi connectivity index (χ2v) is 5.73. The summed E-state index contributed by atoms with van der Waals surface area (Å²) in [7, 11) is 0. The van der Waals surface area contributed by atoms with Crippen molar-refractivity contribution < 1.29 is 14.0 Å². The summed E-state index contributed by atoms with van der Waals surface area (Å²) in [5.74, 6) is 0.705. The lowest BCUT2D eigenvalue weighted by Crippen LogP contribution is -2.35. The van der Waals surface area contributed by atoms with Gasteiger partial charge in [-0.2, -0.15) is 5.10 Å². The molecule has 0 aromatic carbocycles. The van der Waals surface area contributed by atoms with Crippen LogP contribution < -0.4 is 5.32 Å². The highest BCUT2D eigenvalue weighted by atomic mass is 16.4. The van der Waals surface area contributed by atoms with Crippen LogP contribution in [-0.4, -0.2) is 27.5 Å². The minimum atomic E-state index is -0.278. The number of furan rings is 1. The number of amides is 1. The molecule has 2 aromatic heterocycles. The van der Waals surface area contributed by atoms with Crippen LogP contribution in [0, 0.1) is 6.92 Å². The summed E-state index contributed by atoms with van der Waals surface area (Å²) >= 11 is 0. The number of rotatable bonds is 4. The van der Waals surface area contributed by atoms with Crippen molar-refractivity contribution in [3.63, 3.8) is 0 Å². The normalized spacial score (nSPS) is 15.5. The molecule has 2 aromatic rings. The van der Waals surface area contributed by atoms with Crippen LogP contribution in [0.3, 0.4) is 0 Å². The van der Waals surface area contributed by atoms with Gasteiger partial charge in [-0.05, 0) is 26.3 Å². The highest BCUT2D eigenvalue weighted by molar-refractivity contribution is 6.03. The van der Waals surface area contributed by atoms with Crippen molar-refractivity contribution >= 4 is 11.7 Å². The molecule has 0 unspecified atom stereocenters. The van der Waals surface area contributed by atoms with E-state index in [-0.39, 0.29) is 23.5 Å². The molecule has 0 aliphatic heterocycles. The van der Waals surface area contributed by atoms with E-state index in [4.69, 9.17) is 4.42 Å². The number of ketones is 1. The number of nitrogens with zero attached hydrogens (tertiary/aromatic N) is 2. The minimum absolute atomic E-state index is 0.0751. The number of hydrogen-bond donors (Lipinski definition) is 1. The van der Waals surface area contributed by atoms with Crippen molar-refractivity contribution in [2.45, 2.75) is 45.7 Å². The van der Waals surface area contributed by atoms with Crippen molar-refractivity contribution in [2.24, 2.45) is 0 Å². The number of carbonyl (C=O) groups is 2. The van der Waals surface area contributed by atoms with Gasteiger partial charge in [-0.3, -0.25) is 14.3 Å². The second-order valence-electron chi connectivity index (χ2n) is 5.73. The number of carbonyl (C=O) groups excluding carboxylic acids is 2. The van der Waals surface area contributed by atoms with Crippen LogP contribution in [-0.2, 0) is 13.0 Å². The van der Waals surface area contributed by atoms with Gasteiger partial charge in [-0.15, -0.1) is 0 Å². The summed E-state index contributed by atoms with van der Waals surface area (Å²) < 4.78 is 7.41. The summed E-state index contributed by atoms with van der Waals surface area (Å²) in [6, 6.07) is 1.75. The van der Waals surface area contributed by atoms with E-state index in [9.17, 15) is 9.59 Å².